The third kappa shape index (κ3) is 4.20. The Hall–Kier alpha value is -1.56. The number of hydrogen-bond donors (Lipinski definition) is 1. The normalized spacial score (nSPS) is 18.8. The van der Waals surface area contributed by atoms with Crippen molar-refractivity contribution in [1.29, 1.82) is 0 Å². The largest absolute Gasteiger partial charge is 0.444 e. The van der Waals surface area contributed by atoms with Crippen LogP contribution in [0.4, 0.5) is 10.5 Å². The molecule has 1 aromatic rings. The number of nitrogens with one attached hydrogen (secondary N) is 1. The molecular formula is C15H19BrN2O3. The van der Waals surface area contributed by atoms with E-state index in [1.807, 2.05) is 24.3 Å². The van der Waals surface area contributed by atoms with Crippen LogP contribution in [0, 0.1) is 0 Å². The molecule has 0 radical (unpaired) electrons. The summed E-state index contributed by atoms with van der Waals surface area (Å²) in [5, 5.41) is 2.64. The number of hydrogen-bond acceptors (Lipinski definition) is 3. The SMILES string of the molecule is CC(C)(C)OC(=O)NC1CCN(c2cccc(Br)c2)C1=O. The second-order valence-corrected chi connectivity index (χ2v) is 6.87. The van der Waals surface area contributed by atoms with Crippen molar-refractivity contribution < 1.29 is 14.3 Å². The zero-order valence-electron chi connectivity index (χ0n) is 12.4. The molecule has 0 aromatic heterocycles. The number of carbonyl (C=O) groups is 2. The van der Waals surface area contributed by atoms with E-state index in [1.165, 1.54) is 0 Å². The van der Waals surface area contributed by atoms with Gasteiger partial charge >= 0.3 is 6.09 Å². The molecule has 5 nitrogen and oxygen atoms in total. The summed E-state index contributed by atoms with van der Waals surface area (Å²) in [5.74, 6) is -0.112. The lowest BCUT2D eigenvalue weighted by molar-refractivity contribution is -0.118. The lowest BCUT2D eigenvalue weighted by Gasteiger charge is -2.21. The van der Waals surface area contributed by atoms with Gasteiger partial charge in [0.15, 0.2) is 0 Å². The van der Waals surface area contributed by atoms with Crippen molar-refractivity contribution in [3.05, 3.63) is 28.7 Å². The van der Waals surface area contributed by atoms with E-state index >= 15 is 0 Å². The second-order valence-electron chi connectivity index (χ2n) is 5.96. The fraction of sp³-hybridized carbons (Fsp3) is 0.467. The van der Waals surface area contributed by atoms with E-state index in [2.05, 4.69) is 21.2 Å². The van der Waals surface area contributed by atoms with Crippen molar-refractivity contribution in [2.45, 2.75) is 38.8 Å². The maximum atomic E-state index is 12.4. The average molecular weight is 355 g/mol. The van der Waals surface area contributed by atoms with E-state index in [-0.39, 0.29) is 5.91 Å². The first kappa shape index (κ1) is 15.8. The van der Waals surface area contributed by atoms with Crippen molar-refractivity contribution in [3.8, 4) is 0 Å². The van der Waals surface area contributed by atoms with Crippen LogP contribution in [-0.4, -0.2) is 30.2 Å². The number of nitrogens with zero attached hydrogens (tertiary/aromatic N) is 1. The van der Waals surface area contributed by atoms with Gasteiger partial charge in [-0.25, -0.2) is 4.79 Å². The molecule has 6 heteroatoms. The summed E-state index contributed by atoms with van der Waals surface area (Å²) in [6, 6.07) is 7.01. The molecule has 1 N–H and O–H groups in total. The predicted molar refractivity (Wildman–Crippen MR) is 84.3 cm³/mol. The van der Waals surface area contributed by atoms with Crippen LogP contribution in [0.5, 0.6) is 0 Å². The minimum atomic E-state index is -0.574. The highest BCUT2D eigenvalue weighted by Gasteiger charge is 2.34. The lowest BCUT2D eigenvalue weighted by atomic mass is 10.2. The van der Waals surface area contributed by atoms with Crippen molar-refractivity contribution in [2.75, 3.05) is 11.4 Å². The quantitative estimate of drug-likeness (QED) is 0.887. The Labute approximate surface area is 132 Å². The molecule has 0 spiro atoms. The van der Waals surface area contributed by atoms with E-state index in [1.54, 1.807) is 25.7 Å². The number of rotatable bonds is 2. The fourth-order valence-electron chi connectivity index (χ4n) is 2.16. The maximum absolute atomic E-state index is 12.4. The van der Waals surface area contributed by atoms with Gasteiger partial charge in [0, 0.05) is 16.7 Å². The van der Waals surface area contributed by atoms with Crippen LogP contribution in [0.2, 0.25) is 0 Å². The van der Waals surface area contributed by atoms with Gasteiger partial charge in [0.1, 0.15) is 11.6 Å². The molecule has 1 fully saturated rings. The van der Waals surface area contributed by atoms with Crippen LogP contribution in [0.25, 0.3) is 0 Å². The Morgan fingerprint density at radius 2 is 2.14 bits per heavy atom. The van der Waals surface area contributed by atoms with Gasteiger partial charge in [0.25, 0.3) is 0 Å². The molecule has 1 aromatic carbocycles. The summed E-state index contributed by atoms with van der Waals surface area (Å²) in [7, 11) is 0. The highest BCUT2D eigenvalue weighted by Crippen LogP contribution is 2.24. The molecule has 1 heterocycles. The van der Waals surface area contributed by atoms with Gasteiger partial charge in [-0.05, 0) is 45.4 Å². The first-order valence-corrected chi connectivity index (χ1v) is 7.62. The Balaban J connectivity index is 2.00. The van der Waals surface area contributed by atoms with Crippen molar-refractivity contribution in [3.63, 3.8) is 0 Å². The molecule has 0 bridgehead atoms. The van der Waals surface area contributed by atoms with Crippen molar-refractivity contribution in [2.24, 2.45) is 0 Å². The third-order valence-corrected chi connectivity index (χ3v) is 3.51. The van der Waals surface area contributed by atoms with Gasteiger partial charge in [-0.3, -0.25) is 4.79 Å². The van der Waals surface area contributed by atoms with Gasteiger partial charge < -0.3 is 15.0 Å². The molecule has 1 atom stereocenters. The lowest BCUT2D eigenvalue weighted by Crippen LogP contribution is -2.43. The monoisotopic (exact) mass is 354 g/mol. The molecule has 1 saturated heterocycles. The Bertz CT molecular complexity index is 554. The minimum Gasteiger partial charge on any atom is -0.444 e. The predicted octanol–water partition coefficient (Wildman–Crippen LogP) is 3.08. The van der Waals surface area contributed by atoms with Gasteiger partial charge in [-0.1, -0.05) is 22.0 Å². The molecule has 1 aliphatic heterocycles. The van der Waals surface area contributed by atoms with Crippen LogP contribution in [0.3, 0.4) is 0 Å². The number of halogens is 1. The van der Waals surface area contributed by atoms with Crippen LogP contribution in [0.1, 0.15) is 27.2 Å². The number of ether oxygens (including phenoxy) is 1. The van der Waals surface area contributed by atoms with Gasteiger partial charge in [-0.15, -0.1) is 0 Å². The number of amides is 2. The average Bonchev–Trinajstić information content (AvgIpc) is 2.68. The van der Waals surface area contributed by atoms with E-state index in [4.69, 9.17) is 4.74 Å². The van der Waals surface area contributed by atoms with Crippen LogP contribution >= 0.6 is 15.9 Å². The minimum absolute atomic E-state index is 0.112. The topological polar surface area (TPSA) is 58.6 Å². The summed E-state index contributed by atoms with van der Waals surface area (Å²) in [5.41, 5.74) is 0.248. The van der Waals surface area contributed by atoms with Crippen LogP contribution in [0.15, 0.2) is 28.7 Å². The summed E-state index contributed by atoms with van der Waals surface area (Å²) in [6.45, 7) is 5.94. The highest BCUT2D eigenvalue weighted by molar-refractivity contribution is 9.10. The standard InChI is InChI=1S/C15H19BrN2O3/c1-15(2,3)21-14(20)17-12-7-8-18(13(12)19)11-6-4-5-10(16)9-11/h4-6,9,12H,7-8H2,1-3H3,(H,17,20). The van der Waals surface area contributed by atoms with Gasteiger partial charge in [-0.2, -0.15) is 0 Å². The first-order valence-electron chi connectivity index (χ1n) is 6.83. The molecule has 0 aliphatic carbocycles. The molecule has 114 valence electrons. The molecule has 21 heavy (non-hydrogen) atoms. The molecular weight excluding hydrogens is 336 g/mol. The Kier molecular flexibility index (Phi) is 4.56. The van der Waals surface area contributed by atoms with E-state index < -0.39 is 17.7 Å². The summed E-state index contributed by atoms with van der Waals surface area (Å²) < 4.78 is 6.09. The third-order valence-electron chi connectivity index (χ3n) is 3.02. The Morgan fingerprint density at radius 3 is 2.76 bits per heavy atom. The summed E-state index contributed by atoms with van der Waals surface area (Å²) in [6.07, 6.45) is 0.0156. The molecule has 2 rings (SSSR count). The van der Waals surface area contributed by atoms with Gasteiger partial charge in [0.2, 0.25) is 5.91 Å². The fourth-order valence-corrected chi connectivity index (χ4v) is 2.55. The number of carbonyl (C=O) groups excluding carboxylic acids is 2. The van der Waals surface area contributed by atoms with E-state index in [0.717, 1.165) is 10.2 Å². The zero-order chi connectivity index (χ0) is 15.6. The van der Waals surface area contributed by atoms with E-state index in [0.29, 0.717) is 13.0 Å². The van der Waals surface area contributed by atoms with Crippen LogP contribution < -0.4 is 10.2 Å². The highest BCUT2D eigenvalue weighted by atomic mass is 79.9. The van der Waals surface area contributed by atoms with E-state index in [9.17, 15) is 9.59 Å². The van der Waals surface area contributed by atoms with Crippen molar-refractivity contribution >= 4 is 33.6 Å². The number of alkyl carbamates (subject to hydrolysis) is 1. The first-order chi connectivity index (χ1) is 9.76. The number of anilines is 1. The van der Waals surface area contributed by atoms with Gasteiger partial charge in [0.05, 0.1) is 0 Å². The summed E-state index contributed by atoms with van der Waals surface area (Å²) >= 11 is 3.39. The maximum Gasteiger partial charge on any atom is 0.408 e. The molecule has 0 saturated carbocycles. The zero-order valence-corrected chi connectivity index (χ0v) is 13.9. The number of benzene rings is 1. The van der Waals surface area contributed by atoms with Crippen molar-refractivity contribution in [1.82, 2.24) is 5.32 Å². The molecule has 2 amide bonds. The van der Waals surface area contributed by atoms with Crippen LogP contribution in [-0.2, 0) is 9.53 Å². The smallest absolute Gasteiger partial charge is 0.408 e. The molecule has 1 aliphatic rings. The summed E-state index contributed by atoms with van der Waals surface area (Å²) in [4.78, 5) is 25.8. The second kappa shape index (κ2) is 6.05. The Morgan fingerprint density at radius 1 is 1.43 bits per heavy atom. The molecule has 1 unspecified atom stereocenters.